The van der Waals surface area contributed by atoms with Gasteiger partial charge in [0.05, 0.1) is 19.6 Å². The largest absolute Gasteiger partial charge is 0.305 e. The summed E-state index contributed by atoms with van der Waals surface area (Å²) in [4.78, 5) is 11.3. The summed E-state index contributed by atoms with van der Waals surface area (Å²) in [5.74, 6) is -0.0697. The Morgan fingerprint density at radius 1 is 1.27 bits per heavy atom. The van der Waals surface area contributed by atoms with Gasteiger partial charge in [-0.05, 0) is 26.8 Å². The predicted octanol–water partition coefficient (Wildman–Crippen LogP) is 1.90. The lowest BCUT2D eigenvalue weighted by atomic mass is 10.2. The van der Waals surface area contributed by atoms with E-state index in [9.17, 15) is 4.79 Å². The van der Waals surface area contributed by atoms with Gasteiger partial charge in [-0.1, -0.05) is 13.5 Å². The van der Waals surface area contributed by atoms with E-state index in [1.807, 2.05) is 0 Å². The second-order valence-corrected chi connectivity index (χ2v) is 3.80. The van der Waals surface area contributed by atoms with E-state index in [0.29, 0.717) is 0 Å². The summed E-state index contributed by atoms with van der Waals surface area (Å²) in [6.45, 7) is 15.3. The van der Waals surface area contributed by atoms with Gasteiger partial charge in [-0.15, -0.1) is 0 Å². The lowest BCUT2D eigenvalue weighted by molar-refractivity contribution is -0.948. The Kier molecular flexibility index (Phi) is 6.25. The standard InChI is InChI=1S/C12H24N2O/c1-6-11(13-12(15)7-2)14(8-3,9-4)10-5/h7,11H,2,6,8-10H2,1,3-5H3/p+1. The van der Waals surface area contributed by atoms with Gasteiger partial charge in [0, 0.05) is 6.42 Å². The summed E-state index contributed by atoms with van der Waals surface area (Å²) in [7, 11) is 0. The highest BCUT2D eigenvalue weighted by Crippen LogP contribution is 2.14. The van der Waals surface area contributed by atoms with Gasteiger partial charge in [0.2, 0.25) is 5.91 Å². The second kappa shape index (κ2) is 6.62. The van der Waals surface area contributed by atoms with Crippen molar-refractivity contribution in [3.8, 4) is 0 Å². The Hall–Kier alpha value is -0.830. The maximum atomic E-state index is 11.3. The molecule has 3 nitrogen and oxygen atoms in total. The van der Waals surface area contributed by atoms with Crippen LogP contribution >= 0.6 is 0 Å². The fourth-order valence-corrected chi connectivity index (χ4v) is 2.18. The minimum Gasteiger partial charge on any atom is -0.305 e. The van der Waals surface area contributed by atoms with Crippen molar-refractivity contribution in [2.24, 2.45) is 0 Å². The van der Waals surface area contributed by atoms with Crippen LogP contribution in [0.25, 0.3) is 0 Å². The number of quaternary nitrogens is 1. The van der Waals surface area contributed by atoms with Crippen LogP contribution in [0, 0.1) is 0 Å². The molecule has 0 aliphatic rings. The molecule has 0 aliphatic heterocycles. The molecule has 1 amide bonds. The Morgan fingerprint density at radius 2 is 1.73 bits per heavy atom. The SMILES string of the molecule is C=CC(=O)NC(CC)[N+](CC)(CC)CC. The van der Waals surface area contributed by atoms with E-state index in [4.69, 9.17) is 0 Å². The highest BCUT2D eigenvalue weighted by Gasteiger charge is 2.31. The normalized spacial score (nSPS) is 13.3. The van der Waals surface area contributed by atoms with Crippen molar-refractivity contribution >= 4 is 5.91 Å². The summed E-state index contributed by atoms with van der Waals surface area (Å²) in [5, 5.41) is 3.03. The maximum Gasteiger partial charge on any atom is 0.247 e. The second-order valence-electron chi connectivity index (χ2n) is 3.80. The smallest absolute Gasteiger partial charge is 0.247 e. The number of nitrogens with zero attached hydrogens (tertiary/aromatic N) is 1. The molecule has 0 bridgehead atoms. The number of rotatable bonds is 7. The number of hydrogen-bond donors (Lipinski definition) is 1. The van der Waals surface area contributed by atoms with E-state index < -0.39 is 0 Å². The third-order valence-electron chi connectivity index (χ3n) is 3.43. The van der Waals surface area contributed by atoms with E-state index in [1.165, 1.54) is 6.08 Å². The monoisotopic (exact) mass is 213 g/mol. The molecule has 0 aliphatic carbocycles. The molecule has 0 aromatic rings. The fourth-order valence-electron chi connectivity index (χ4n) is 2.18. The van der Waals surface area contributed by atoms with Crippen molar-refractivity contribution in [3.63, 3.8) is 0 Å². The molecule has 0 radical (unpaired) electrons. The quantitative estimate of drug-likeness (QED) is 0.390. The first-order valence-electron chi connectivity index (χ1n) is 5.88. The average molecular weight is 213 g/mol. The molecule has 0 aromatic carbocycles. The zero-order chi connectivity index (χ0) is 11.9. The van der Waals surface area contributed by atoms with Crippen LogP contribution in [0.3, 0.4) is 0 Å². The van der Waals surface area contributed by atoms with Crippen LogP contribution in [0.4, 0.5) is 0 Å². The van der Waals surface area contributed by atoms with E-state index in [2.05, 4.69) is 39.6 Å². The first-order chi connectivity index (χ1) is 7.10. The molecule has 0 spiro atoms. The maximum absolute atomic E-state index is 11.3. The number of carbonyl (C=O) groups excluding carboxylic acids is 1. The van der Waals surface area contributed by atoms with Crippen molar-refractivity contribution in [2.75, 3.05) is 19.6 Å². The Labute approximate surface area is 93.7 Å². The minimum atomic E-state index is -0.0697. The third kappa shape index (κ3) is 3.34. The average Bonchev–Trinajstić information content (AvgIpc) is 2.29. The van der Waals surface area contributed by atoms with Crippen LogP contribution in [0.15, 0.2) is 12.7 Å². The van der Waals surface area contributed by atoms with Crippen LogP contribution in [0.2, 0.25) is 0 Å². The van der Waals surface area contributed by atoms with Crippen LogP contribution in [0.5, 0.6) is 0 Å². The topological polar surface area (TPSA) is 29.1 Å². The molecular weight excluding hydrogens is 188 g/mol. The lowest BCUT2D eigenvalue weighted by Gasteiger charge is -2.42. The molecule has 1 atom stereocenters. The molecule has 88 valence electrons. The van der Waals surface area contributed by atoms with Gasteiger partial charge in [0.1, 0.15) is 0 Å². The van der Waals surface area contributed by atoms with E-state index in [-0.39, 0.29) is 12.1 Å². The minimum absolute atomic E-state index is 0.0697. The molecule has 0 heterocycles. The van der Waals surface area contributed by atoms with Crippen molar-refractivity contribution in [3.05, 3.63) is 12.7 Å². The molecule has 1 N–H and O–H groups in total. The number of hydrogen-bond acceptors (Lipinski definition) is 1. The van der Waals surface area contributed by atoms with E-state index >= 15 is 0 Å². The van der Waals surface area contributed by atoms with Gasteiger partial charge in [0.15, 0.2) is 6.17 Å². The van der Waals surface area contributed by atoms with Crippen molar-refractivity contribution in [1.29, 1.82) is 0 Å². The van der Waals surface area contributed by atoms with Crippen molar-refractivity contribution in [1.82, 2.24) is 5.32 Å². The van der Waals surface area contributed by atoms with Crippen LogP contribution in [-0.2, 0) is 4.79 Å². The Balaban J connectivity index is 4.73. The molecule has 1 unspecified atom stereocenters. The molecule has 0 aromatic heterocycles. The Morgan fingerprint density at radius 3 is 2.00 bits per heavy atom. The molecule has 15 heavy (non-hydrogen) atoms. The summed E-state index contributed by atoms with van der Waals surface area (Å²) in [6, 6.07) is 0. The number of nitrogens with one attached hydrogen (secondary N) is 1. The molecule has 0 rings (SSSR count). The summed E-state index contributed by atoms with van der Waals surface area (Å²) in [5.41, 5.74) is 0. The predicted molar refractivity (Wildman–Crippen MR) is 64.3 cm³/mol. The number of carbonyl (C=O) groups is 1. The first-order valence-corrected chi connectivity index (χ1v) is 5.88. The first kappa shape index (κ1) is 14.2. The lowest BCUT2D eigenvalue weighted by Crippen LogP contribution is -2.61. The van der Waals surface area contributed by atoms with Crippen LogP contribution in [-0.4, -0.2) is 36.2 Å². The van der Waals surface area contributed by atoms with Gasteiger partial charge in [0.25, 0.3) is 0 Å². The van der Waals surface area contributed by atoms with E-state index in [0.717, 1.165) is 30.5 Å². The third-order valence-corrected chi connectivity index (χ3v) is 3.43. The molecule has 0 saturated carbocycles. The summed E-state index contributed by atoms with van der Waals surface area (Å²) >= 11 is 0. The van der Waals surface area contributed by atoms with Gasteiger partial charge in [-0.25, -0.2) is 0 Å². The van der Waals surface area contributed by atoms with Gasteiger partial charge in [-0.2, -0.15) is 0 Å². The highest BCUT2D eigenvalue weighted by molar-refractivity contribution is 5.86. The van der Waals surface area contributed by atoms with Crippen LogP contribution < -0.4 is 5.32 Å². The van der Waals surface area contributed by atoms with Gasteiger partial charge < -0.3 is 9.80 Å². The molecule has 0 fully saturated rings. The molecule has 0 saturated heterocycles. The number of amides is 1. The fraction of sp³-hybridized carbons (Fsp3) is 0.750. The Bertz CT molecular complexity index is 201. The van der Waals surface area contributed by atoms with Gasteiger partial charge in [-0.3, -0.25) is 4.79 Å². The summed E-state index contributed by atoms with van der Waals surface area (Å²) in [6.07, 6.45) is 2.50. The van der Waals surface area contributed by atoms with Crippen molar-refractivity contribution in [2.45, 2.75) is 40.3 Å². The van der Waals surface area contributed by atoms with E-state index in [1.54, 1.807) is 0 Å². The zero-order valence-corrected chi connectivity index (χ0v) is 10.5. The van der Waals surface area contributed by atoms with Gasteiger partial charge >= 0.3 is 0 Å². The molecule has 3 heteroatoms. The highest BCUT2D eigenvalue weighted by atomic mass is 16.1. The summed E-state index contributed by atoms with van der Waals surface area (Å²) < 4.78 is 0.941. The van der Waals surface area contributed by atoms with Crippen LogP contribution in [0.1, 0.15) is 34.1 Å². The molecular formula is C12H25N2O+. The van der Waals surface area contributed by atoms with Crippen molar-refractivity contribution < 1.29 is 9.28 Å². The zero-order valence-electron chi connectivity index (χ0n) is 10.5.